The van der Waals surface area contributed by atoms with E-state index in [0.29, 0.717) is 18.8 Å². The van der Waals surface area contributed by atoms with Gasteiger partial charge in [0.1, 0.15) is 0 Å². The summed E-state index contributed by atoms with van der Waals surface area (Å²) in [5, 5.41) is -0.777. The van der Waals surface area contributed by atoms with Crippen LogP contribution < -0.4 is 0 Å². The lowest BCUT2D eigenvalue weighted by Crippen LogP contribution is -2.43. The van der Waals surface area contributed by atoms with Crippen LogP contribution in [0.1, 0.15) is 111 Å². The first kappa shape index (κ1) is 26.3. The van der Waals surface area contributed by atoms with Crippen LogP contribution in [0.3, 0.4) is 0 Å². The lowest BCUT2D eigenvalue weighted by molar-refractivity contribution is 0.00355. The molecule has 0 aromatic carbocycles. The summed E-state index contributed by atoms with van der Waals surface area (Å²) in [6, 6.07) is 0. The molecule has 0 saturated heterocycles. The van der Waals surface area contributed by atoms with Crippen LogP contribution in [0.4, 0.5) is 0 Å². The van der Waals surface area contributed by atoms with Crippen molar-refractivity contribution >= 4 is 24.1 Å². The van der Waals surface area contributed by atoms with Crippen molar-refractivity contribution in [3.8, 4) is 0 Å². The fraction of sp³-hybridized carbons (Fsp3) is 0.952. The summed E-state index contributed by atoms with van der Waals surface area (Å²) in [5.74, 6) is 0.510. The molecule has 0 aromatic heterocycles. The second kappa shape index (κ2) is 11.6. The third-order valence-corrected chi connectivity index (χ3v) is 11.5. The Bertz CT molecular complexity index is 753. The summed E-state index contributed by atoms with van der Waals surface area (Å²) < 4.78 is 48.4. The van der Waals surface area contributed by atoms with Gasteiger partial charge in [-0.2, -0.15) is 0 Å². The van der Waals surface area contributed by atoms with Crippen molar-refractivity contribution in [2.45, 2.75) is 121 Å². The maximum Gasteiger partial charge on any atom is 0.495 e. The minimum atomic E-state index is -4.23. The minimum absolute atomic E-state index is 0.433. The number of hydrogen-bond donors (Lipinski definition) is 0. The first-order valence-corrected chi connectivity index (χ1v) is 14.2. The Labute approximate surface area is 178 Å². The van der Waals surface area contributed by atoms with E-state index in [1.54, 1.807) is 0 Å². The zero-order valence-electron chi connectivity index (χ0n) is 18.7. The van der Waals surface area contributed by atoms with E-state index >= 15 is 0 Å². The van der Waals surface area contributed by atoms with Crippen molar-refractivity contribution in [1.29, 1.82) is 0 Å². The molecule has 8 heteroatoms. The van der Waals surface area contributed by atoms with Crippen molar-refractivity contribution in [2.75, 3.05) is 0 Å². The van der Waals surface area contributed by atoms with E-state index < -0.39 is 34.0 Å². The van der Waals surface area contributed by atoms with Crippen molar-refractivity contribution < 1.29 is 21.6 Å². The molecule has 1 fully saturated rings. The van der Waals surface area contributed by atoms with E-state index in [-0.39, 0.29) is 0 Å². The summed E-state index contributed by atoms with van der Waals surface area (Å²) in [7, 11) is -8.39. The molecule has 6 nitrogen and oxygen atoms in total. The van der Waals surface area contributed by atoms with Gasteiger partial charge in [-0.05, 0) is 52.4 Å². The summed E-state index contributed by atoms with van der Waals surface area (Å²) in [4.78, 5) is 2.73. The molecule has 0 bridgehead atoms. The van der Waals surface area contributed by atoms with Crippen LogP contribution in [0.2, 0.25) is 0 Å². The molecule has 29 heavy (non-hydrogen) atoms. The highest BCUT2D eigenvalue weighted by molar-refractivity contribution is 8.31. The largest absolute Gasteiger partial charge is 0.495 e. The Kier molecular flexibility index (Phi) is 10.5. The normalized spacial score (nSPS) is 21.0. The highest BCUT2D eigenvalue weighted by Gasteiger charge is 2.52. The second-order valence-electron chi connectivity index (χ2n) is 9.43. The number of hydrogen-bond acceptors (Lipinski definition) is 4. The highest BCUT2D eigenvalue weighted by atomic mass is 32.3. The van der Waals surface area contributed by atoms with Crippen LogP contribution in [-0.4, -0.2) is 36.0 Å². The van der Waals surface area contributed by atoms with Gasteiger partial charge in [0.15, 0.2) is 0 Å². The molecule has 170 valence electrons. The molecule has 1 aliphatic rings. The maximum absolute atomic E-state index is 12.9. The van der Waals surface area contributed by atoms with E-state index in [9.17, 15) is 22.4 Å². The van der Waals surface area contributed by atoms with E-state index in [1.807, 2.05) is 0 Å². The van der Waals surface area contributed by atoms with Crippen LogP contribution in [0.15, 0.2) is 0 Å². The molecular weight excluding hydrogens is 408 g/mol. The van der Waals surface area contributed by atoms with Gasteiger partial charge >= 0.3 is 4.38 Å². The van der Waals surface area contributed by atoms with Gasteiger partial charge in [-0.25, -0.2) is 16.8 Å². The third kappa shape index (κ3) is 7.48. The van der Waals surface area contributed by atoms with E-state index in [4.69, 9.17) is 0 Å². The average Bonchev–Trinajstić information content (AvgIpc) is 2.63. The molecule has 0 spiro atoms. The molecule has 0 N–H and O–H groups in total. The number of unbranched alkanes of at least 4 members (excludes halogenated alkanes) is 7. The molecule has 0 heterocycles. The standard InChI is InChI=1S/C21H40N2O4S2/c1-5-6-7-8-9-10-11-12-13-18-14-16-19(17-15-18)28(24,25)20(23-22)29(26,27)21(2,3)4/h18-19H,5-17H2,1-4H3. The fourth-order valence-electron chi connectivity index (χ4n) is 3.97. The zero-order chi connectivity index (χ0) is 22.1. The van der Waals surface area contributed by atoms with Crippen LogP contribution >= 0.6 is 0 Å². The van der Waals surface area contributed by atoms with Crippen molar-refractivity contribution in [2.24, 2.45) is 5.92 Å². The summed E-state index contributed by atoms with van der Waals surface area (Å²) in [6.07, 6.45) is 13.8. The SMILES string of the molecule is CCCCCCCCCCC1CCC(S(=O)(=O)C(=[N+]=[N-])S(=O)(=O)C(C)(C)C)CC1. The molecular formula is C21H40N2O4S2. The first-order valence-electron chi connectivity index (χ1n) is 11.2. The van der Waals surface area contributed by atoms with Gasteiger partial charge in [0.25, 0.3) is 19.7 Å². The van der Waals surface area contributed by atoms with E-state index in [1.165, 1.54) is 72.1 Å². The Morgan fingerprint density at radius 1 is 0.862 bits per heavy atom. The molecule has 0 aliphatic heterocycles. The van der Waals surface area contributed by atoms with Gasteiger partial charge in [-0.15, -0.1) is 4.79 Å². The average molecular weight is 449 g/mol. The first-order chi connectivity index (χ1) is 13.5. The molecule has 1 rings (SSSR count). The molecule has 1 aliphatic carbocycles. The molecule has 0 unspecified atom stereocenters. The van der Waals surface area contributed by atoms with Crippen molar-refractivity contribution in [1.82, 2.24) is 0 Å². The fourth-order valence-corrected chi connectivity index (χ4v) is 8.27. The molecule has 0 amide bonds. The Morgan fingerprint density at radius 3 is 1.79 bits per heavy atom. The van der Waals surface area contributed by atoms with Crippen LogP contribution in [0, 0.1) is 5.92 Å². The molecule has 1 saturated carbocycles. The monoisotopic (exact) mass is 448 g/mol. The van der Waals surface area contributed by atoms with Gasteiger partial charge in [-0.1, -0.05) is 64.7 Å². The van der Waals surface area contributed by atoms with Gasteiger partial charge < -0.3 is 5.53 Å². The quantitative estimate of drug-likeness (QED) is 0.149. The minimum Gasteiger partial charge on any atom is -0.359 e. The predicted molar refractivity (Wildman–Crippen MR) is 119 cm³/mol. The summed E-state index contributed by atoms with van der Waals surface area (Å²) in [6.45, 7) is 6.44. The lowest BCUT2D eigenvalue weighted by atomic mass is 9.85. The van der Waals surface area contributed by atoms with E-state index in [2.05, 4.69) is 11.7 Å². The van der Waals surface area contributed by atoms with Gasteiger partial charge in [0, 0.05) is 0 Å². The molecule has 0 atom stereocenters. The summed E-state index contributed by atoms with van der Waals surface area (Å²) in [5.41, 5.74) is 9.21. The molecule has 0 radical (unpaired) electrons. The summed E-state index contributed by atoms with van der Waals surface area (Å²) >= 11 is 0. The van der Waals surface area contributed by atoms with Crippen LogP contribution in [-0.2, 0) is 19.7 Å². The van der Waals surface area contributed by atoms with Gasteiger partial charge in [0.05, 0.1) is 10.00 Å². The predicted octanol–water partition coefficient (Wildman–Crippen LogP) is 5.29. The van der Waals surface area contributed by atoms with Crippen LogP contribution in [0.5, 0.6) is 0 Å². The second-order valence-corrected chi connectivity index (χ2v) is 14.5. The Hall–Kier alpha value is -0.720. The van der Waals surface area contributed by atoms with E-state index in [0.717, 1.165) is 19.3 Å². The smallest absolute Gasteiger partial charge is 0.359 e. The lowest BCUT2D eigenvalue weighted by Gasteiger charge is -2.27. The van der Waals surface area contributed by atoms with Crippen molar-refractivity contribution in [3.63, 3.8) is 0 Å². The maximum atomic E-state index is 12.9. The Morgan fingerprint density at radius 2 is 1.34 bits per heavy atom. The third-order valence-electron chi connectivity index (χ3n) is 6.06. The number of sulfone groups is 2. The topological polar surface area (TPSA) is 105 Å². The van der Waals surface area contributed by atoms with Gasteiger partial charge in [-0.3, -0.25) is 0 Å². The van der Waals surface area contributed by atoms with Crippen LogP contribution in [0.25, 0.3) is 5.53 Å². The van der Waals surface area contributed by atoms with Crippen molar-refractivity contribution in [3.05, 3.63) is 5.53 Å². The zero-order valence-corrected chi connectivity index (χ0v) is 20.3. The number of nitrogens with zero attached hydrogens (tertiary/aromatic N) is 2. The molecule has 0 aromatic rings. The highest BCUT2D eigenvalue weighted by Crippen LogP contribution is 2.34. The number of rotatable bonds is 10. The van der Waals surface area contributed by atoms with Gasteiger partial charge in [0.2, 0.25) is 0 Å². The Balaban J connectivity index is 2.50.